The Morgan fingerprint density at radius 3 is 2.75 bits per heavy atom. The van der Waals surface area contributed by atoms with Crippen molar-refractivity contribution in [3.63, 3.8) is 0 Å². The van der Waals surface area contributed by atoms with Crippen molar-refractivity contribution in [3.05, 3.63) is 24.0 Å². The van der Waals surface area contributed by atoms with Crippen LogP contribution in [0.3, 0.4) is 0 Å². The lowest BCUT2D eigenvalue weighted by atomic mass is 10.2. The quantitative estimate of drug-likeness (QED) is 0.760. The molecule has 0 fully saturated rings. The molecule has 0 atom stereocenters. The molecule has 110 valence electrons. The minimum absolute atomic E-state index is 0.166. The van der Waals surface area contributed by atoms with Gasteiger partial charge in [-0.15, -0.1) is 0 Å². The molecular formula is C14H21N3O3. The Hall–Kier alpha value is -2.11. The second-order valence-electron chi connectivity index (χ2n) is 4.20. The van der Waals surface area contributed by atoms with Gasteiger partial charge >= 0.3 is 5.97 Å². The summed E-state index contributed by atoms with van der Waals surface area (Å²) in [4.78, 5) is 29.1. The van der Waals surface area contributed by atoms with E-state index in [0.29, 0.717) is 18.8 Å². The fourth-order valence-electron chi connectivity index (χ4n) is 1.80. The summed E-state index contributed by atoms with van der Waals surface area (Å²) in [5.41, 5.74) is 1.11. The van der Waals surface area contributed by atoms with Crippen LogP contribution in [-0.4, -0.2) is 43.6 Å². The van der Waals surface area contributed by atoms with Gasteiger partial charge < -0.3 is 15.0 Å². The van der Waals surface area contributed by atoms with Crippen molar-refractivity contribution in [1.82, 2.24) is 10.3 Å². The van der Waals surface area contributed by atoms with E-state index in [-0.39, 0.29) is 18.4 Å². The number of amides is 1. The van der Waals surface area contributed by atoms with Gasteiger partial charge in [-0.3, -0.25) is 14.6 Å². The smallest absolute Gasteiger partial charge is 0.325 e. The molecule has 1 aromatic rings. The van der Waals surface area contributed by atoms with Crippen molar-refractivity contribution in [3.8, 4) is 0 Å². The van der Waals surface area contributed by atoms with Crippen molar-refractivity contribution < 1.29 is 14.3 Å². The summed E-state index contributed by atoms with van der Waals surface area (Å²) in [6, 6.07) is 3.45. The molecule has 0 unspecified atom stereocenters. The molecule has 0 aliphatic heterocycles. The molecule has 6 nitrogen and oxygen atoms in total. The first-order valence-corrected chi connectivity index (χ1v) is 6.71. The summed E-state index contributed by atoms with van der Waals surface area (Å²) in [7, 11) is 1.55. The highest BCUT2D eigenvalue weighted by Gasteiger charge is 2.14. The number of hydrogen-bond acceptors (Lipinski definition) is 5. The molecule has 1 amide bonds. The van der Waals surface area contributed by atoms with Crippen LogP contribution in [0.4, 0.5) is 5.69 Å². The SMILES string of the molecule is CCCN(CC(=O)OCC)c1ccnc(C(=O)NC)c1. The molecule has 1 aromatic heterocycles. The standard InChI is InChI=1S/C14H21N3O3/c1-4-8-17(10-13(18)20-5-2)11-6-7-16-12(9-11)14(19)15-3/h6-7,9H,4-5,8,10H2,1-3H3,(H,15,19). The topological polar surface area (TPSA) is 71.5 Å². The second kappa shape index (κ2) is 8.14. The van der Waals surface area contributed by atoms with Gasteiger partial charge in [-0.05, 0) is 25.5 Å². The van der Waals surface area contributed by atoms with Crippen molar-refractivity contribution in [1.29, 1.82) is 0 Å². The highest BCUT2D eigenvalue weighted by Crippen LogP contribution is 2.15. The van der Waals surface area contributed by atoms with Crippen LogP contribution in [0.2, 0.25) is 0 Å². The first-order valence-electron chi connectivity index (χ1n) is 6.71. The Kier molecular flexibility index (Phi) is 6.49. The van der Waals surface area contributed by atoms with Crippen LogP contribution in [0, 0.1) is 0 Å². The molecule has 0 spiro atoms. The Morgan fingerprint density at radius 2 is 2.15 bits per heavy atom. The number of nitrogens with zero attached hydrogens (tertiary/aromatic N) is 2. The molecule has 0 bridgehead atoms. The first-order chi connectivity index (χ1) is 9.62. The largest absolute Gasteiger partial charge is 0.465 e. The van der Waals surface area contributed by atoms with E-state index in [2.05, 4.69) is 10.3 Å². The van der Waals surface area contributed by atoms with Gasteiger partial charge in [0.05, 0.1) is 6.61 Å². The maximum atomic E-state index is 11.6. The number of pyridine rings is 1. The van der Waals surface area contributed by atoms with Gasteiger partial charge in [0.25, 0.3) is 5.91 Å². The van der Waals surface area contributed by atoms with Crippen LogP contribution >= 0.6 is 0 Å². The molecule has 0 aliphatic rings. The number of nitrogens with one attached hydrogen (secondary N) is 1. The lowest BCUT2D eigenvalue weighted by molar-refractivity contribution is -0.141. The summed E-state index contributed by atoms with van der Waals surface area (Å²) in [5, 5.41) is 2.53. The molecule has 0 radical (unpaired) electrons. The van der Waals surface area contributed by atoms with Crippen LogP contribution in [0.15, 0.2) is 18.3 Å². The van der Waals surface area contributed by atoms with E-state index in [0.717, 1.165) is 12.1 Å². The third-order valence-electron chi connectivity index (χ3n) is 2.69. The number of aromatic nitrogens is 1. The normalized spacial score (nSPS) is 9.95. The number of rotatable bonds is 7. The molecule has 0 saturated carbocycles. The van der Waals surface area contributed by atoms with E-state index in [1.54, 1.807) is 32.3 Å². The average Bonchev–Trinajstić information content (AvgIpc) is 2.46. The van der Waals surface area contributed by atoms with E-state index in [1.807, 2.05) is 11.8 Å². The zero-order valence-electron chi connectivity index (χ0n) is 12.2. The first kappa shape index (κ1) is 15.9. The predicted molar refractivity (Wildman–Crippen MR) is 76.8 cm³/mol. The minimum Gasteiger partial charge on any atom is -0.465 e. The molecule has 20 heavy (non-hydrogen) atoms. The van der Waals surface area contributed by atoms with E-state index in [1.165, 1.54) is 0 Å². The summed E-state index contributed by atoms with van der Waals surface area (Å²) in [6.07, 6.45) is 2.45. The van der Waals surface area contributed by atoms with Gasteiger partial charge in [-0.2, -0.15) is 0 Å². The Balaban J connectivity index is 2.90. The van der Waals surface area contributed by atoms with Crippen molar-refractivity contribution in [2.75, 3.05) is 31.6 Å². The van der Waals surface area contributed by atoms with Crippen molar-refractivity contribution >= 4 is 17.6 Å². The average molecular weight is 279 g/mol. The van der Waals surface area contributed by atoms with Crippen molar-refractivity contribution in [2.24, 2.45) is 0 Å². The summed E-state index contributed by atoms with van der Waals surface area (Å²) >= 11 is 0. The number of carbonyl (C=O) groups excluding carboxylic acids is 2. The van der Waals surface area contributed by atoms with Gasteiger partial charge in [0, 0.05) is 25.5 Å². The van der Waals surface area contributed by atoms with Gasteiger partial charge in [-0.1, -0.05) is 6.92 Å². The molecular weight excluding hydrogens is 258 g/mol. The summed E-state index contributed by atoms with van der Waals surface area (Å²) in [5.74, 6) is -0.529. The van der Waals surface area contributed by atoms with E-state index in [4.69, 9.17) is 4.74 Å². The maximum absolute atomic E-state index is 11.6. The predicted octanol–water partition coefficient (Wildman–Crippen LogP) is 1.22. The van der Waals surface area contributed by atoms with Crippen LogP contribution in [0.1, 0.15) is 30.8 Å². The third-order valence-corrected chi connectivity index (χ3v) is 2.69. The van der Waals surface area contributed by atoms with E-state index in [9.17, 15) is 9.59 Å². The lowest BCUT2D eigenvalue weighted by Gasteiger charge is -2.23. The van der Waals surface area contributed by atoms with Gasteiger partial charge in [0.1, 0.15) is 12.2 Å². The van der Waals surface area contributed by atoms with Crippen molar-refractivity contribution in [2.45, 2.75) is 20.3 Å². The zero-order chi connectivity index (χ0) is 15.0. The highest BCUT2D eigenvalue weighted by atomic mass is 16.5. The monoisotopic (exact) mass is 279 g/mol. The Morgan fingerprint density at radius 1 is 1.40 bits per heavy atom. The van der Waals surface area contributed by atoms with E-state index < -0.39 is 0 Å². The molecule has 0 aliphatic carbocycles. The Bertz CT molecular complexity index is 463. The maximum Gasteiger partial charge on any atom is 0.325 e. The van der Waals surface area contributed by atoms with Crippen LogP contribution in [-0.2, 0) is 9.53 Å². The van der Waals surface area contributed by atoms with Gasteiger partial charge in [0.2, 0.25) is 0 Å². The third kappa shape index (κ3) is 4.53. The molecule has 1 rings (SSSR count). The summed E-state index contributed by atoms with van der Waals surface area (Å²) in [6.45, 7) is 5.03. The number of ether oxygens (including phenoxy) is 1. The number of hydrogen-bond donors (Lipinski definition) is 1. The minimum atomic E-state index is -0.278. The molecule has 6 heteroatoms. The van der Waals surface area contributed by atoms with Crippen LogP contribution in [0.5, 0.6) is 0 Å². The molecule has 0 aromatic carbocycles. The Labute approximate surface area is 119 Å². The molecule has 0 saturated heterocycles. The van der Waals surface area contributed by atoms with E-state index >= 15 is 0 Å². The van der Waals surface area contributed by atoms with Crippen LogP contribution < -0.4 is 10.2 Å². The zero-order valence-corrected chi connectivity index (χ0v) is 12.2. The van der Waals surface area contributed by atoms with Crippen LogP contribution in [0.25, 0.3) is 0 Å². The van der Waals surface area contributed by atoms with Gasteiger partial charge in [-0.25, -0.2) is 0 Å². The highest BCUT2D eigenvalue weighted by molar-refractivity contribution is 5.93. The number of carbonyl (C=O) groups is 2. The fraction of sp³-hybridized carbons (Fsp3) is 0.500. The van der Waals surface area contributed by atoms with Gasteiger partial charge in [0.15, 0.2) is 0 Å². The number of esters is 1. The fourth-order valence-corrected chi connectivity index (χ4v) is 1.80. The molecule has 1 N–H and O–H groups in total. The molecule has 1 heterocycles. The number of anilines is 1. The summed E-state index contributed by atoms with van der Waals surface area (Å²) < 4.78 is 4.96. The lowest BCUT2D eigenvalue weighted by Crippen LogP contribution is -2.32. The second-order valence-corrected chi connectivity index (χ2v) is 4.20.